The molecule has 0 unspecified atom stereocenters. The maximum absolute atomic E-state index is 11.8. The normalized spacial score (nSPS) is 11.7. The van der Waals surface area contributed by atoms with E-state index < -0.39 is 5.97 Å². The number of ether oxygens (including phenoxy) is 1. The molecule has 1 aromatic rings. The minimum atomic E-state index is -0.446. The number of carbonyl (C=O) groups excluding carboxylic acids is 2. The molecule has 0 heterocycles. The van der Waals surface area contributed by atoms with E-state index in [-0.39, 0.29) is 24.9 Å². The summed E-state index contributed by atoms with van der Waals surface area (Å²) >= 11 is 5.87. The van der Waals surface area contributed by atoms with Gasteiger partial charge in [-0.15, -0.1) is 11.6 Å². The van der Waals surface area contributed by atoms with Gasteiger partial charge < -0.3 is 20.7 Å². The van der Waals surface area contributed by atoms with Crippen LogP contribution in [0.4, 0.5) is 5.69 Å². The first-order valence-electron chi connectivity index (χ1n) is 9.07. The van der Waals surface area contributed by atoms with Crippen LogP contribution < -0.4 is 16.0 Å². The molecule has 0 saturated heterocycles. The van der Waals surface area contributed by atoms with Crippen LogP contribution in [-0.4, -0.2) is 50.0 Å². The molecule has 0 aliphatic rings. The molecule has 0 aliphatic heterocycles. The number of hydrogen-bond donors (Lipinski definition) is 2. The number of halogens is 1. The number of nitrogens with two attached hydrogens (primary N) is 1. The molecule has 0 fully saturated rings. The molecule has 1 atom stereocenters. The minimum Gasteiger partial charge on any atom is -0.465 e. The van der Waals surface area contributed by atoms with Crippen LogP contribution in [-0.2, 0) is 20.7 Å². The van der Waals surface area contributed by atoms with Crippen molar-refractivity contribution in [3.05, 3.63) is 29.8 Å². The standard InChI is InChI=1S/C19H30ClN3O3/c1-3-10-23(11-9-20)17-7-5-15(6-8-17)12-16(21)13-18(24)22-14-19(25)26-4-2/h5-8,16H,3-4,9-14,21H2,1-2H3,(H,22,24)/t16-/m0/s1. The van der Waals surface area contributed by atoms with E-state index in [2.05, 4.69) is 29.3 Å². The maximum atomic E-state index is 11.8. The van der Waals surface area contributed by atoms with Crippen LogP contribution in [0.15, 0.2) is 24.3 Å². The predicted molar refractivity (Wildman–Crippen MR) is 106 cm³/mol. The van der Waals surface area contributed by atoms with Crippen LogP contribution in [0.5, 0.6) is 0 Å². The molecular weight excluding hydrogens is 354 g/mol. The topological polar surface area (TPSA) is 84.7 Å². The van der Waals surface area contributed by atoms with Crippen molar-refractivity contribution < 1.29 is 14.3 Å². The van der Waals surface area contributed by atoms with Gasteiger partial charge in [-0.1, -0.05) is 19.1 Å². The van der Waals surface area contributed by atoms with E-state index in [0.29, 0.717) is 18.9 Å². The molecule has 7 heteroatoms. The number of nitrogens with one attached hydrogen (secondary N) is 1. The van der Waals surface area contributed by atoms with Gasteiger partial charge in [0.1, 0.15) is 6.54 Å². The molecule has 0 radical (unpaired) electrons. The van der Waals surface area contributed by atoms with Crippen molar-refractivity contribution in [1.29, 1.82) is 0 Å². The number of esters is 1. The van der Waals surface area contributed by atoms with E-state index in [1.54, 1.807) is 6.92 Å². The molecular formula is C19H30ClN3O3. The van der Waals surface area contributed by atoms with Gasteiger partial charge in [-0.05, 0) is 37.5 Å². The molecule has 0 aliphatic carbocycles. The Balaban J connectivity index is 2.47. The highest BCUT2D eigenvalue weighted by Crippen LogP contribution is 2.17. The van der Waals surface area contributed by atoms with Crippen LogP contribution in [0.3, 0.4) is 0 Å². The van der Waals surface area contributed by atoms with Crippen molar-refractivity contribution >= 4 is 29.2 Å². The second kappa shape index (κ2) is 12.5. The fourth-order valence-corrected chi connectivity index (χ4v) is 2.86. The molecule has 0 spiro atoms. The lowest BCUT2D eigenvalue weighted by Crippen LogP contribution is -2.36. The Morgan fingerprint density at radius 1 is 1.23 bits per heavy atom. The lowest BCUT2D eigenvalue weighted by molar-refractivity contribution is -0.143. The predicted octanol–water partition coefficient (Wildman–Crippen LogP) is 2.08. The quantitative estimate of drug-likeness (QED) is 0.426. The first-order chi connectivity index (χ1) is 12.5. The van der Waals surface area contributed by atoms with E-state index in [1.807, 2.05) is 12.1 Å². The summed E-state index contributed by atoms with van der Waals surface area (Å²) in [5.41, 5.74) is 8.27. The number of rotatable bonds is 12. The zero-order chi connectivity index (χ0) is 19.4. The van der Waals surface area contributed by atoms with Crippen molar-refractivity contribution in [2.75, 3.05) is 37.0 Å². The molecule has 26 heavy (non-hydrogen) atoms. The Morgan fingerprint density at radius 2 is 1.92 bits per heavy atom. The highest BCUT2D eigenvalue weighted by Gasteiger charge is 2.12. The van der Waals surface area contributed by atoms with Gasteiger partial charge >= 0.3 is 5.97 Å². The van der Waals surface area contributed by atoms with E-state index in [1.165, 1.54) is 0 Å². The van der Waals surface area contributed by atoms with Crippen LogP contribution >= 0.6 is 11.6 Å². The molecule has 1 aromatic carbocycles. The molecule has 0 bridgehead atoms. The third-order valence-corrected chi connectivity index (χ3v) is 4.00. The number of anilines is 1. The molecule has 1 amide bonds. The summed E-state index contributed by atoms with van der Waals surface area (Å²) in [6, 6.07) is 7.87. The van der Waals surface area contributed by atoms with Crippen LogP contribution in [0, 0.1) is 0 Å². The summed E-state index contributed by atoms with van der Waals surface area (Å²) in [7, 11) is 0. The van der Waals surface area contributed by atoms with Gasteiger partial charge in [-0.25, -0.2) is 0 Å². The average molecular weight is 384 g/mol. The SMILES string of the molecule is CCCN(CCCl)c1ccc(C[C@H](N)CC(=O)NCC(=O)OCC)cc1. The third kappa shape index (κ3) is 8.54. The van der Waals surface area contributed by atoms with Gasteiger partial charge in [0.25, 0.3) is 0 Å². The second-order valence-electron chi connectivity index (χ2n) is 6.09. The Kier molecular flexibility index (Phi) is 10.7. The Labute approximate surface area is 161 Å². The summed E-state index contributed by atoms with van der Waals surface area (Å²) < 4.78 is 4.76. The maximum Gasteiger partial charge on any atom is 0.325 e. The Morgan fingerprint density at radius 3 is 2.50 bits per heavy atom. The Bertz CT molecular complexity index is 545. The average Bonchev–Trinajstić information content (AvgIpc) is 2.61. The number of carbonyl (C=O) groups is 2. The van der Waals surface area contributed by atoms with E-state index in [9.17, 15) is 9.59 Å². The van der Waals surface area contributed by atoms with Crippen molar-refractivity contribution in [3.63, 3.8) is 0 Å². The third-order valence-electron chi connectivity index (χ3n) is 3.83. The number of nitrogens with zero attached hydrogens (tertiary/aromatic N) is 1. The molecule has 146 valence electrons. The summed E-state index contributed by atoms with van der Waals surface area (Å²) in [5.74, 6) is -0.106. The van der Waals surface area contributed by atoms with Gasteiger partial charge in [-0.2, -0.15) is 0 Å². The minimum absolute atomic E-state index is 0.123. The fourth-order valence-electron chi connectivity index (χ4n) is 2.65. The first-order valence-corrected chi connectivity index (χ1v) is 9.61. The van der Waals surface area contributed by atoms with Crippen molar-refractivity contribution in [3.8, 4) is 0 Å². The van der Waals surface area contributed by atoms with Gasteiger partial charge in [-0.3, -0.25) is 9.59 Å². The second-order valence-corrected chi connectivity index (χ2v) is 6.47. The van der Waals surface area contributed by atoms with Crippen molar-refractivity contribution in [1.82, 2.24) is 5.32 Å². The van der Waals surface area contributed by atoms with Gasteiger partial charge in [0, 0.05) is 37.1 Å². The number of amides is 1. The zero-order valence-corrected chi connectivity index (χ0v) is 16.4. The highest BCUT2D eigenvalue weighted by atomic mass is 35.5. The molecule has 0 saturated carbocycles. The molecule has 3 N–H and O–H groups in total. The van der Waals surface area contributed by atoms with Crippen molar-refractivity contribution in [2.24, 2.45) is 5.73 Å². The highest BCUT2D eigenvalue weighted by molar-refractivity contribution is 6.18. The van der Waals surface area contributed by atoms with Crippen LogP contribution in [0.1, 0.15) is 32.3 Å². The van der Waals surface area contributed by atoms with Gasteiger partial charge in [0.2, 0.25) is 5.91 Å². The number of hydrogen-bond acceptors (Lipinski definition) is 5. The van der Waals surface area contributed by atoms with E-state index in [4.69, 9.17) is 22.1 Å². The number of alkyl halides is 1. The lowest BCUT2D eigenvalue weighted by Gasteiger charge is -2.23. The molecule has 0 aromatic heterocycles. The van der Waals surface area contributed by atoms with E-state index >= 15 is 0 Å². The smallest absolute Gasteiger partial charge is 0.325 e. The lowest BCUT2D eigenvalue weighted by atomic mass is 10.0. The molecule has 1 rings (SSSR count). The molecule has 6 nitrogen and oxygen atoms in total. The Hall–Kier alpha value is -1.79. The summed E-state index contributed by atoms with van der Waals surface area (Å²) in [5, 5.41) is 2.52. The van der Waals surface area contributed by atoms with Crippen LogP contribution in [0.2, 0.25) is 0 Å². The van der Waals surface area contributed by atoms with Gasteiger partial charge in [0.05, 0.1) is 6.61 Å². The summed E-state index contributed by atoms with van der Waals surface area (Å²) in [6.45, 7) is 5.81. The first kappa shape index (κ1) is 22.3. The fraction of sp³-hybridized carbons (Fsp3) is 0.579. The summed E-state index contributed by atoms with van der Waals surface area (Å²) in [4.78, 5) is 25.3. The van der Waals surface area contributed by atoms with Gasteiger partial charge in [0.15, 0.2) is 0 Å². The summed E-state index contributed by atoms with van der Waals surface area (Å²) in [6.07, 6.45) is 1.82. The zero-order valence-electron chi connectivity index (χ0n) is 15.7. The van der Waals surface area contributed by atoms with Crippen molar-refractivity contribution in [2.45, 2.75) is 39.2 Å². The monoisotopic (exact) mass is 383 g/mol. The van der Waals surface area contributed by atoms with Crippen LogP contribution in [0.25, 0.3) is 0 Å². The van der Waals surface area contributed by atoms with E-state index in [0.717, 1.165) is 30.8 Å². The number of benzene rings is 1. The largest absolute Gasteiger partial charge is 0.465 e.